The Labute approximate surface area is 157 Å². The molecule has 2 aromatic rings. The molecule has 0 aromatic heterocycles. The highest BCUT2D eigenvalue weighted by Gasteiger charge is 2.19. The summed E-state index contributed by atoms with van der Waals surface area (Å²) in [6, 6.07) is 17.1. The molecular weight excluding hydrogens is 374 g/mol. The number of rotatable bonds is 4. The van der Waals surface area contributed by atoms with Crippen LogP contribution in [0.25, 0.3) is 17.2 Å². The van der Waals surface area contributed by atoms with Gasteiger partial charge < -0.3 is 4.74 Å². The highest BCUT2D eigenvalue weighted by Crippen LogP contribution is 2.38. The molecule has 1 fully saturated rings. The number of morpholine rings is 1. The second-order valence-corrected chi connectivity index (χ2v) is 7.39. The molecule has 1 heterocycles. The first-order valence-corrected chi connectivity index (χ1v) is 9.67. The first kappa shape index (κ1) is 16.8. The molecule has 25 heavy (non-hydrogen) atoms. The predicted octanol–water partition coefficient (Wildman–Crippen LogP) is 5.11. The van der Waals surface area contributed by atoms with Crippen LogP contribution in [-0.4, -0.2) is 37.7 Å². The zero-order chi connectivity index (χ0) is 17.1. The minimum Gasteiger partial charge on any atom is -0.379 e. The molecule has 1 aliphatic heterocycles. The van der Waals surface area contributed by atoms with Gasteiger partial charge in [-0.15, -0.1) is 0 Å². The summed E-state index contributed by atoms with van der Waals surface area (Å²) in [5.41, 5.74) is 6.70. The van der Waals surface area contributed by atoms with E-state index in [1.807, 2.05) is 0 Å². The lowest BCUT2D eigenvalue weighted by atomic mass is 10.0. The Morgan fingerprint density at radius 1 is 0.960 bits per heavy atom. The smallest absolute Gasteiger partial charge is 0.0594 e. The Morgan fingerprint density at radius 2 is 1.68 bits per heavy atom. The molecule has 128 valence electrons. The fraction of sp³-hybridized carbons (Fsp3) is 0.273. The van der Waals surface area contributed by atoms with Crippen molar-refractivity contribution in [3.05, 3.63) is 75.8 Å². The van der Waals surface area contributed by atoms with Gasteiger partial charge >= 0.3 is 0 Å². The lowest BCUT2D eigenvalue weighted by Crippen LogP contribution is -2.36. The number of ether oxygens (including phenoxy) is 1. The van der Waals surface area contributed by atoms with Gasteiger partial charge in [0.25, 0.3) is 0 Å². The zero-order valence-electron chi connectivity index (χ0n) is 14.2. The van der Waals surface area contributed by atoms with Crippen LogP contribution in [0.3, 0.4) is 0 Å². The van der Waals surface area contributed by atoms with Crippen LogP contribution in [0.1, 0.15) is 23.1 Å². The van der Waals surface area contributed by atoms with E-state index in [1.54, 1.807) is 0 Å². The monoisotopic (exact) mass is 395 g/mol. The van der Waals surface area contributed by atoms with Crippen molar-refractivity contribution in [2.75, 3.05) is 32.8 Å². The molecule has 2 nitrogen and oxygen atoms in total. The lowest BCUT2D eigenvalue weighted by molar-refractivity contribution is 0.0390. The topological polar surface area (TPSA) is 12.5 Å². The molecule has 2 aliphatic rings. The molecule has 4 rings (SSSR count). The SMILES string of the molecule is Brc1ccccc1C=C1C=C(CCN2CCOCC2)c2ccccc21. The Bertz CT molecular complexity index is 818. The minimum absolute atomic E-state index is 0.864. The van der Waals surface area contributed by atoms with E-state index in [2.05, 4.69) is 81.5 Å². The molecule has 0 amide bonds. The predicted molar refractivity (Wildman–Crippen MR) is 108 cm³/mol. The van der Waals surface area contributed by atoms with Crippen molar-refractivity contribution >= 4 is 33.2 Å². The maximum Gasteiger partial charge on any atom is 0.0594 e. The average Bonchev–Trinajstić information content (AvgIpc) is 3.01. The van der Waals surface area contributed by atoms with E-state index in [4.69, 9.17) is 4.74 Å². The van der Waals surface area contributed by atoms with Gasteiger partial charge in [-0.1, -0.05) is 64.5 Å². The Morgan fingerprint density at radius 3 is 2.48 bits per heavy atom. The van der Waals surface area contributed by atoms with Gasteiger partial charge in [0.2, 0.25) is 0 Å². The molecule has 0 bridgehead atoms. The number of hydrogen-bond acceptors (Lipinski definition) is 2. The van der Waals surface area contributed by atoms with Crippen LogP contribution >= 0.6 is 15.9 Å². The van der Waals surface area contributed by atoms with Gasteiger partial charge in [-0.2, -0.15) is 0 Å². The fourth-order valence-corrected chi connectivity index (χ4v) is 3.95. The third-order valence-corrected chi connectivity index (χ3v) is 5.65. The van der Waals surface area contributed by atoms with Crippen LogP contribution in [0.4, 0.5) is 0 Å². The van der Waals surface area contributed by atoms with Crippen molar-refractivity contribution < 1.29 is 4.74 Å². The van der Waals surface area contributed by atoms with Crippen molar-refractivity contribution in [2.24, 2.45) is 0 Å². The number of allylic oxidation sites excluding steroid dienone is 2. The molecule has 0 N–H and O–H groups in total. The summed E-state index contributed by atoms with van der Waals surface area (Å²) >= 11 is 3.66. The molecule has 0 unspecified atom stereocenters. The molecule has 2 aromatic carbocycles. The van der Waals surface area contributed by atoms with E-state index < -0.39 is 0 Å². The van der Waals surface area contributed by atoms with Crippen LogP contribution in [0.5, 0.6) is 0 Å². The van der Waals surface area contributed by atoms with Crippen LogP contribution in [0.2, 0.25) is 0 Å². The van der Waals surface area contributed by atoms with Crippen LogP contribution in [0.15, 0.2) is 59.1 Å². The summed E-state index contributed by atoms with van der Waals surface area (Å²) in [5, 5.41) is 0. The minimum atomic E-state index is 0.864. The largest absolute Gasteiger partial charge is 0.379 e. The third-order valence-electron chi connectivity index (χ3n) is 4.93. The molecule has 0 radical (unpaired) electrons. The first-order chi connectivity index (χ1) is 12.3. The third kappa shape index (κ3) is 3.79. The first-order valence-electron chi connectivity index (χ1n) is 8.88. The van der Waals surface area contributed by atoms with Gasteiger partial charge in [0.1, 0.15) is 0 Å². The number of nitrogens with zero attached hydrogens (tertiary/aromatic N) is 1. The van der Waals surface area contributed by atoms with Crippen molar-refractivity contribution in [3.8, 4) is 0 Å². The van der Waals surface area contributed by atoms with Gasteiger partial charge in [0, 0.05) is 24.1 Å². The summed E-state index contributed by atoms with van der Waals surface area (Å²) in [7, 11) is 0. The molecule has 0 atom stereocenters. The second-order valence-electron chi connectivity index (χ2n) is 6.54. The molecule has 1 aliphatic carbocycles. The Hall–Kier alpha value is -1.68. The maximum absolute atomic E-state index is 5.45. The van der Waals surface area contributed by atoms with Crippen LogP contribution < -0.4 is 0 Å². The van der Waals surface area contributed by atoms with E-state index in [0.29, 0.717) is 0 Å². The van der Waals surface area contributed by atoms with Crippen LogP contribution in [0, 0.1) is 0 Å². The van der Waals surface area contributed by atoms with Gasteiger partial charge in [0.15, 0.2) is 0 Å². The second kappa shape index (κ2) is 7.69. The van der Waals surface area contributed by atoms with E-state index in [-0.39, 0.29) is 0 Å². The standard InChI is InChI=1S/C22H22BrNO/c23-22-8-4-1-5-18(22)16-19-15-17(20-6-2-3-7-21(19)20)9-10-24-11-13-25-14-12-24/h1-8,15-16H,9-14H2. The van der Waals surface area contributed by atoms with Crippen molar-refractivity contribution in [1.82, 2.24) is 4.90 Å². The fourth-order valence-electron chi connectivity index (χ4n) is 3.55. The maximum atomic E-state index is 5.45. The number of benzene rings is 2. The molecule has 3 heteroatoms. The number of fused-ring (bicyclic) bond motifs is 1. The quantitative estimate of drug-likeness (QED) is 0.712. The van der Waals surface area contributed by atoms with E-state index >= 15 is 0 Å². The van der Waals surface area contributed by atoms with Crippen molar-refractivity contribution in [3.63, 3.8) is 0 Å². The van der Waals surface area contributed by atoms with E-state index in [0.717, 1.165) is 43.7 Å². The number of halogens is 1. The van der Waals surface area contributed by atoms with Crippen molar-refractivity contribution in [1.29, 1.82) is 0 Å². The lowest BCUT2D eigenvalue weighted by Gasteiger charge is -2.26. The summed E-state index contributed by atoms with van der Waals surface area (Å²) in [6.07, 6.45) is 5.74. The summed E-state index contributed by atoms with van der Waals surface area (Å²) in [5.74, 6) is 0. The summed E-state index contributed by atoms with van der Waals surface area (Å²) < 4.78 is 6.59. The average molecular weight is 396 g/mol. The highest BCUT2D eigenvalue weighted by molar-refractivity contribution is 9.10. The Balaban J connectivity index is 1.60. The zero-order valence-corrected chi connectivity index (χ0v) is 15.8. The Kier molecular flexibility index (Phi) is 5.16. The number of hydrogen-bond donors (Lipinski definition) is 0. The van der Waals surface area contributed by atoms with Crippen LogP contribution in [-0.2, 0) is 4.74 Å². The highest BCUT2D eigenvalue weighted by atomic mass is 79.9. The summed E-state index contributed by atoms with van der Waals surface area (Å²) in [4.78, 5) is 2.50. The van der Waals surface area contributed by atoms with Gasteiger partial charge in [-0.05, 0) is 46.4 Å². The van der Waals surface area contributed by atoms with E-state index in [9.17, 15) is 0 Å². The van der Waals surface area contributed by atoms with Gasteiger partial charge in [0.05, 0.1) is 13.2 Å². The van der Waals surface area contributed by atoms with Gasteiger partial charge in [-0.25, -0.2) is 0 Å². The molecule has 0 saturated carbocycles. The van der Waals surface area contributed by atoms with E-state index in [1.165, 1.54) is 27.8 Å². The normalized spacial score (nSPS) is 19.1. The molecular formula is C22H22BrNO. The summed E-state index contributed by atoms with van der Waals surface area (Å²) in [6.45, 7) is 4.93. The van der Waals surface area contributed by atoms with Crippen molar-refractivity contribution in [2.45, 2.75) is 6.42 Å². The molecule has 0 spiro atoms. The molecule has 1 saturated heterocycles. The van der Waals surface area contributed by atoms with Gasteiger partial charge in [-0.3, -0.25) is 4.90 Å².